The highest BCUT2D eigenvalue weighted by Crippen LogP contribution is 2.25. The average Bonchev–Trinajstić information content (AvgIpc) is 3.31. The van der Waals surface area contributed by atoms with Crippen LogP contribution < -0.4 is 5.32 Å². The van der Waals surface area contributed by atoms with E-state index in [4.69, 9.17) is 11.6 Å². The molecule has 170 valence electrons. The highest BCUT2D eigenvalue weighted by molar-refractivity contribution is 7.15. The molecule has 2 aliphatic heterocycles. The maximum Gasteiger partial charge on any atom is 0.286 e. The number of rotatable bonds is 4. The first-order valence-corrected chi connectivity index (χ1v) is 12.1. The molecule has 8 nitrogen and oxygen atoms in total. The van der Waals surface area contributed by atoms with Crippen LogP contribution >= 0.6 is 22.9 Å². The Kier molecular flexibility index (Phi) is 7.05. The van der Waals surface area contributed by atoms with Crippen molar-refractivity contribution in [3.05, 3.63) is 39.3 Å². The fraction of sp³-hybridized carbons (Fsp3) is 0.500. The summed E-state index contributed by atoms with van der Waals surface area (Å²) in [5.41, 5.74) is 0.576. The second-order valence-electron chi connectivity index (χ2n) is 8.47. The minimum absolute atomic E-state index is 0.107. The molecule has 1 N–H and O–H groups in total. The van der Waals surface area contributed by atoms with Crippen molar-refractivity contribution in [3.63, 3.8) is 0 Å². The molecule has 0 unspecified atom stereocenters. The fourth-order valence-corrected chi connectivity index (χ4v) is 4.94. The topological polar surface area (TPSA) is 95.5 Å². The van der Waals surface area contributed by atoms with Crippen molar-refractivity contribution in [1.82, 2.24) is 20.0 Å². The molecule has 2 fully saturated rings. The van der Waals surface area contributed by atoms with Crippen molar-refractivity contribution in [2.75, 3.05) is 31.5 Å². The maximum absolute atomic E-state index is 13.0. The van der Waals surface area contributed by atoms with E-state index < -0.39 is 5.91 Å². The van der Waals surface area contributed by atoms with E-state index in [2.05, 4.69) is 22.4 Å². The summed E-state index contributed by atoms with van der Waals surface area (Å²) in [6.45, 7) is 4.77. The van der Waals surface area contributed by atoms with Crippen LogP contribution in [0, 0.1) is 11.8 Å². The van der Waals surface area contributed by atoms with Crippen LogP contribution in [-0.2, 0) is 4.79 Å². The van der Waals surface area contributed by atoms with Crippen LogP contribution in [0.3, 0.4) is 0 Å². The lowest BCUT2D eigenvalue weighted by Crippen LogP contribution is -2.48. The van der Waals surface area contributed by atoms with Gasteiger partial charge in [-0.2, -0.15) is 0 Å². The second kappa shape index (κ2) is 9.95. The van der Waals surface area contributed by atoms with Crippen molar-refractivity contribution in [3.8, 4) is 0 Å². The molecule has 1 aromatic carbocycles. The van der Waals surface area contributed by atoms with Gasteiger partial charge in [-0.05, 0) is 55.9 Å². The molecular formula is C22H26ClN5O3S. The number of hydrogen-bond donors (Lipinski definition) is 1. The van der Waals surface area contributed by atoms with Crippen LogP contribution in [0.5, 0.6) is 0 Å². The predicted octanol–water partition coefficient (Wildman–Crippen LogP) is 3.55. The largest absolute Gasteiger partial charge is 0.342 e. The molecule has 0 saturated carbocycles. The van der Waals surface area contributed by atoms with E-state index in [1.807, 2.05) is 4.90 Å². The summed E-state index contributed by atoms with van der Waals surface area (Å²) >= 11 is 6.81. The second-order valence-corrected chi connectivity index (χ2v) is 9.89. The van der Waals surface area contributed by atoms with Gasteiger partial charge in [0.25, 0.3) is 11.8 Å². The van der Waals surface area contributed by atoms with Gasteiger partial charge in [-0.25, -0.2) is 0 Å². The summed E-state index contributed by atoms with van der Waals surface area (Å²) in [4.78, 5) is 42.0. The summed E-state index contributed by atoms with van der Waals surface area (Å²) in [6.07, 6.45) is 3.63. The number of halogens is 1. The first kappa shape index (κ1) is 22.7. The minimum Gasteiger partial charge on any atom is -0.342 e. The van der Waals surface area contributed by atoms with Crippen LogP contribution in [0.4, 0.5) is 5.69 Å². The first-order chi connectivity index (χ1) is 15.4. The maximum atomic E-state index is 13.0. The Morgan fingerprint density at radius 3 is 2.41 bits per heavy atom. The monoisotopic (exact) mass is 475 g/mol. The van der Waals surface area contributed by atoms with Crippen LogP contribution in [-0.4, -0.2) is 63.9 Å². The van der Waals surface area contributed by atoms with Gasteiger partial charge in [-0.1, -0.05) is 29.9 Å². The Bertz CT molecular complexity index is 988. The molecule has 10 heteroatoms. The van der Waals surface area contributed by atoms with Gasteiger partial charge in [0.15, 0.2) is 0 Å². The SMILES string of the molecule is CC1CCN(C(=O)[C@@H]2CCCN(C(=O)c3nnc(C(=O)Nc4ccc(Cl)cc4)s3)C2)CC1. The number of amides is 3. The molecule has 3 heterocycles. The summed E-state index contributed by atoms with van der Waals surface area (Å²) in [6, 6.07) is 6.71. The summed E-state index contributed by atoms with van der Waals surface area (Å²) in [7, 11) is 0. The molecule has 0 spiro atoms. The number of benzene rings is 1. The van der Waals surface area contributed by atoms with E-state index >= 15 is 0 Å². The number of likely N-dealkylation sites (tertiary alicyclic amines) is 2. The number of carbonyl (C=O) groups excluding carboxylic acids is 3. The minimum atomic E-state index is -0.435. The molecule has 0 radical (unpaired) electrons. The third kappa shape index (κ3) is 5.27. The zero-order valence-electron chi connectivity index (χ0n) is 17.9. The lowest BCUT2D eigenvalue weighted by atomic mass is 9.93. The number of aromatic nitrogens is 2. The van der Waals surface area contributed by atoms with Gasteiger partial charge in [0, 0.05) is 36.9 Å². The Morgan fingerprint density at radius 1 is 1.00 bits per heavy atom. The lowest BCUT2D eigenvalue weighted by Gasteiger charge is -2.37. The highest BCUT2D eigenvalue weighted by Gasteiger charge is 2.33. The van der Waals surface area contributed by atoms with Gasteiger partial charge in [0.05, 0.1) is 5.92 Å². The molecule has 32 heavy (non-hydrogen) atoms. The molecule has 3 amide bonds. The zero-order valence-corrected chi connectivity index (χ0v) is 19.5. The molecule has 0 bridgehead atoms. The van der Waals surface area contributed by atoms with E-state index in [1.54, 1.807) is 29.2 Å². The molecular weight excluding hydrogens is 450 g/mol. The van der Waals surface area contributed by atoms with Gasteiger partial charge >= 0.3 is 0 Å². The lowest BCUT2D eigenvalue weighted by molar-refractivity contribution is -0.138. The van der Waals surface area contributed by atoms with Crippen molar-refractivity contribution < 1.29 is 14.4 Å². The number of anilines is 1. The van der Waals surface area contributed by atoms with Crippen molar-refractivity contribution in [2.45, 2.75) is 32.6 Å². The van der Waals surface area contributed by atoms with Crippen molar-refractivity contribution in [1.29, 1.82) is 0 Å². The van der Waals surface area contributed by atoms with Gasteiger partial charge in [0.1, 0.15) is 0 Å². The molecule has 1 atom stereocenters. The van der Waals surface area contributed by atoms with Gasteiger partial charge in [0.2, 0.25) is 15.9 Å². The van der Waals surface area contributed by atoms with Crippen LogP contribution in [0.15, 0.2) is 24.3 Å². The van der Waals surface area contributed by atoms with Crippen LogP contribution in [0.25, 0.3) is 0 Å². The Labute approximate surface area is 195 Å². The number of nitrogens with zero attached hydrogens (tertiary/aromatic N) is 4. The third-order valence-corrected chi connectivity index (χ3v) is 7.22. The smallest absolute Gasteiger partial charge is 0.286 e. The number of carbonyl (C=O) groups is 3. The Morgan fingerprint density at radius 2 is 1.69 bits per heavy atom. The molecule has 0 aliphatic carbocycles. The van der Waals surface area contributed by atoms with E-state index in [0.717, 1.165) is 50.1 Å². The van der Waals surface area contributed by atoms with Gasteiger partial charge < -0.3 is 15.1 Å². The van der Waals surface area contributed by atoms with Crippen molar-refractivity contribution >= 4 is 46.3 Å². The molecule has 2 aliphatic rings. The highest BCUT2D eigenvalue weighted by atomic mass is 35.5. The number of piperidine rings is 2. The fourth-order valence-electron chi connectivity index (χ4n) is 4.10. The van der Waals surface area contributed by atoms with Crippen LogP contribution in [0.1, 0.15) is 52.2 Å². The normalized spacial score (nSPS) is 19.6. The van der Waals surface area contributed by atoms with Gasteiger partial charge in [-0.15, -0.1) is 10.2 Å². The third-order valence-electron chi connectivity index (χ3n) is 6.06. The molecule has 4 rings (SSSR count). The quantitative estimate of drug-likeness (QED) is 0.729. The standard InChI is InChI=1S/C22H26ClN5O3S/c1-14-8-11-27(12-9-14)21(30)15-3-2-10-28(13-15)22(31)20-26-25-19(32-20)18(29)24-17-6-4-16(23)5-7-17/h4-7,14-15H,2-3,8-13H2,1H3,(H,24,29)/t15-/m1/s1. The first-order valence-electron chi connectivity index (χ1n) is 10.9. The number of hydrogen-bond acceptors (Lipinski definition) is 6. The Hall–Kier alpha value is -2.52. The van der Waals surface area contributed by atoms with E-state index in [-0.39, 0.29) is 27.7 Å². The summed E-state index contributed by atoms with van der Waals surface area (Å²) in [5, 5.41) is 11.4. The summed E-state index contributed by atoms with van der Waals surface area (Å²) < 4.78 is 0. The molecule has 1 aromatic heterocycles. The average molecular weight is 476 g/mol. The molecule has 2 aromatic rings. The van der Waals surface area contributed by atoms with Crippen LogP contribution in [0.2, 0.25) is 5.02 Å². The summed E-state index contributed by atoms with van der Waals surface area (Å²) in [5.74, 6) is -0.0870. The number of nitrogens with one attached hydrogen (secondary N) is 1. The molecule has 2 saturated heterocycles. The van der Waals surface area contributed by atoms with Gasteiger partial charge in [-0.3, -0.25) is 14.4 Å². The Balaban J connectivity index is 1.36. The van der Waals surface area contributed by atoms with Crippen molar-refractivity contribution in [2.24, 2.45) is 11.8 Å². The zero-order chi connectivity index (χ0) is 22.7. The van der Waals surface area contributed by atoms with E-state index in [9.17, 15) is 14.4 Å². The predicted molar refractivity (Wildman–Crippen MR) is 123 cm³/mol. The van der Waals surface area contributed by atoms with E-state index in [0.29, 0.717) is 29.7 Å². The van der Waals surface area contributed by atoms with E-state index in [1.165, 1.54) is 0 Å².